The number of rotatable bonds is 17. The lowest BCUT2D eigenvalue weighted by Crippen LogP contribution is -2.11. The number of carboxylic acid groups (broad SMARTS) is 1. The third-order valence-corrected chi connectivity index (χ3v) is 4.16. The molecule has 0 saturated heterocycles. The van der Waals surface area contributed by atoms with Crippen LogP contribution in [0, 0.1) is 0 Å². The van der Waals surface area contributed by atoms with Crippen molar-refractivity contribution in [1.82, 2.24) is 0 Å². The minimum absolute atomic E-state index is 0. The molecule has 5 heteroatoms. The molecular weight excluding hydrogens is 336 g/mol. The Bertz CT molecular complexity index is 240. The van der Waals surface area contributed by atoms with E-state index in [9.17, 15) is 4.79 Å². The molecule has 0 atom stereocenters. The van der Waals surface area contributed by atoms with E-state index in [0.717, 1.165) is 12.8 Å². The molecule has 0 aromatic carbocycles. The smallest absolute Gasteiger partial charge is 0.303 e. The van der Waals surface area contributed by atoms with Crippen LogP contribution in [0.1, 0.15) is 110 Å². The Morgan fingerprint density at radius 2 is 0.920 bits per heavy atom. The maximum Gasteiger partial charge on any atom is 0.303 e. The minimum Gasteiger partial charge on any atom is -0.481 e. The fraction of sp³-hybridized carbons (Fsp3) is 0.950. The summed E-state index contributed by atoms with van der Waals surface area (Å²) in [6.45, 7) is 3.46. The maximum atomic E-state index is 10.3. The quantitative estimate of drug-likeness (QED) is 0.284. The van der Waals surface area contributed by atoms with Gasteiger partial charge in [-0.25, -0.2) is 0 Å². The monoisotopic (exact) mass is 380 g/mol. The number of hydrogen-bond donors (Lipinski definition) is 3. The van der Waals surface area contributed by atoms with Crippen LogP contribution < -0.4 is 11.5 Å². The van der Waals surface area contributed by atoms with Crippen LogP contribution in [0.25, 0.3) is 0 Å². The molecule has 0 radical (unpaired) electrons. The van der Waals surface area contributed by atoms with Crippen molar-refractivity contribution >= 4 is 18.4 Å². The van der Waals surface area contributed by atoms with E-state index >= 15 is 0 Å². The van der Waals surface area contributed by atoms with E-state index in [0.29, 0.717) is 19.5 Å². The molecule has 0 spiro atoms. The lowest BCUT2D eigenvalue weighted by molar-refractivity contribution is -0.137. The summed E-state index contributed by atoms with van der Waals surface area (Å²) >= 11 is 0. The Morgan fingerprint density at radius 3 is 1.16 bits per heavy atom. The lowest BCUT2D eigenvalue weighted by atomic mass is 10.0. The predicted molar refractivity (Wildman–Crippen MR) is 113 cm³/mol. The minimum atomic E-state index is -0.653. The average Bonchev–Trinajstić information content (AvgIpc) is 2.58. The van der Waals surface area contributed by atoms with Crippen LogP contribution in [0.4, 0.5) is 0 Å². The first-order chi connectivity index (χ1) is 11.7. The molecule has 5 N–H and O–H groups in total. The summed E-state index contributed by atoms with van der Waals surface area (Å²) in [5.74, 6) is -0.653. The molecule has 0 rings (SSSR count). The number of carbonyl (C=O) groups is 1. The fourth-order valence-corrected chi connectivity index (χ4v) is 2.65. The van der Waals surface area contributed by atoms with Crippen molar-refractivity contribution < 1.29 is 9.90 Å². The summed E-state index contributed by atoms with van der Waals surface area (Å²) in [5, 5.41) is 8.52. The SMILES string of the molecule is CCCCCCCCCCCCCCCCCC(=O)O.Cl.NCCN. The zero-order valence-electron chi connectivity index (χ0n) is 16.6. The highest BCUT2D eigenvalue weighted by molar-refractivity contribution is 5.85. The predicted octanol–water partition coefficient (Wildman–Crippen LogP) is 5.66. The van der Waals surface area contributed by atoms with Gasteiger partial charge >= 0.3 is 5.97 Å². The summed E-state index contributed by atoms with van der Waals surface area (Å²) in [7, 11) is 0. The molecule has 0 aliphatic rings. The van der Waals surface area contributed by atoms with E-state index in [2.05, 4.69) is 6.92 Å². The van der Waals surface area contributed by atoms with Gasteiger partial charge in [0, 0.05) is 19.5 Å². The third kappa shape index (κ3) is 35.6. The molecule has 0 amide bonds. The third-order valence-electron chi connectivity index (χ3n) is 4.16. The molecule has 25 heavy (non-hydrogen) atoms. The molecule has 0 saturated carbocycles. The van der Waals surface area contributed by atoms with Crippen LogP contribution in [0.3, 0.4) is 0 Å². The van der Waals surface area contributed by atoms with Crippen LogP contribution in [0.5, 0.6) is 0 Å². The van der Waals surface area contributed by atoms with Crippen molar-refractivity contribution in [1.29, 1.82) is 0 Å². The maximum absolute atomic E-state index is 10.3. The van der Waals surface area contributed by atoms with Gasteiger partial charge in [-0.15, -0.1) is 12.4 Å². The normalized spacial score (nSPS) is 9.88. The van der Waals surface area contributed by atoms with Gasteiger partial charge in [0.25, 0.3) is 0 Å². The van der Waals surface area contributed by atoms with Crippen molar-refractivity contribution in [2.24, 2.45) is 11.5 Å². The molecule has 0 aromatic heterocycles. The number of hydrogen-bond acceptors (Lipinski definition) is 3. The Balaban J connectivity index is -0.000000867. The largest absolute Gasteiger partial charge is 0.481 e. The van der Waals surface area contributed by atoms with E-state index in [1.165, 1.54) is 83.5 Å². The van der Waals surface area contributed by atoms with Gasteiger partial charge in [0.15, 0.2) is 0 Å². The number of unbranched alkanes of at least 4 members (excludes halogenated alkanes) is 14. The number of aliphatic carboxylic acids is 1. The summed E-state index contributed by atoms with van der Waals surface area (Å²) in [6.07, 6.45) is 20.2. The highest BCUT2D eigenvalue weighted by atomic mass is 35.5. The fourth-order valence-electron chi connectivity index (χ4n) is 2.65. The van der Waals surface area contributed by atoms with E-state index in [1.807, 2.05) is 0 Å². The highest BCUT2D eigenvalue weighted by Gasteiger charge is 1.97. The van der Waals surface area contributed by atoms with Crippen LogP contribution in [-0.4, -0.2) is 24.2 Å². The molecule has 4 nitrogen and oxygen atoms in total. The number of halogens is 1. The molecule has 0 heterocycles. The van der Waals surface area contributed by atoms with Crippen LogP contribution in [0.2, 0.25) is 0 Å². The van der Waals surface area contributed by atoms with Gasteiger partial charge in [0.1, 0.15) is 0 Å². The van der Waals surface area contributed by atoms with Gasteiger partial charge in [0.05, 0.1) is 0 Å². The first kappa shape index (κ1) is 29.4. The second-order valence-electron chi connectivity index (χ2n) is 6.67. The molecule has 0 aliphatic heterocycles. The number of carboxylic acids is 1. The van der Waals surface area contributed by atoms with Gasteiger partial charge in [-0.1, -0.05) is 96.8 Å². The molecular formula is C20H45ClN2O2. The van der Waals surface area contributed by atoms with E-state index < -0.39 is 5.97 Å². The van der Waals surface area contributed by atoms with Crippen molar-refractivity contribution in [3.63, 3.8) is 0 Å². The second-order valence-corrected chi connectivity index (χ2v) is 6.67. The first-order valence-electron chi connectivity index (χ1n) is 10.3. The van der Waals surface area contributed by atoms with Crippen LogP contribution in [0.15, 0.2) is 0 Å². The second kappa shape index (κ2) is 28.5. The zero-order chi connectivity index (χ0) is 18.3. The topological polar surface area (TPSA) is 89.3 Å². The van der Waals surface area contributed by atoms with Crippen LogP contribution >= 0.6 is 12.4 Å². The van der Waals surface area contributed by atoms with Crippen molar-refractivity contribution in [2.75, 3.05) is 13.1 Å². The molecule has 154 valence electrons. The summed E-state index contributed by atoms with van der Waals surface area (Å²) in [5.41, 5.74) is 9.81. The lowest BCUT2D eigenvalue weighted by Gasteiger charge is -2.03. The molecule has 0 aliphatic carbocycles. The Morgan fingerprint density at radius 1 is 0.640 bits per heavy atom. The van der Waals surface area contributed by atoms with Crippen LogP contribution in [-0.2, 0) is 4.79 Å². The number of nitrogens with two attached hydrogens (primary N) is 2. The Labute approximate surface area is 162 Å². The van der Waals surface area contributed by atoms with E-state index in [1.54, 1.807) is 0 Å². The molecule has 0 fully saturated rings. The van der Waals surface area contributed by atoms with Gasteiger partial charge in [-0.3, -0.25) is 4.79 Å². The van der Waals surface area contributed by atoms with Gasteiger partial charge in [-0.05, 0) is 6.42 Å². The molecule has 0 aromatic rings. The van der Waals surface area contributed by atoms with Gasteiger partial charge in [-0.2, -0.15) is 0 Å². The highest BCUT2D eigenvalue weighted by Crippen LogP contribution is 2.13. The van der Waals surface area contributed by atoms with Crippen molar-refractivity contribution in [3.05, 3.63) is 0 Å². The molecule has 0 unspecified atom stereocenters. The molecule has 0 bridgehead atoms. The first-order valence-corrected chi connectivity index (χ1v) is 10.3. The van der Waals surface area contributed by atoms with E-state index in [4.69, 9.17) is 16.6 Å². The summed E-state index contributed by atoms with van der Waals surface area (Å²) < 4.78 is 0. The van der Waals surface area contributed by atoms with Gasteiger partial charge in [0.2, 0.25) is 0 Å². The Hall–Kier alpha value is -0.320. The van der Waals surface area contributed by atoms with Gasteiger partial charge < -0.3 is 16.6 Å². The Kier molecular flexibility index (Phi) is 33.5. The summed E-state index contributed by atoms with van der Waals surface area (Å²) in [4.78, 5) is 10.3. The summed E-state index contributed by atoms with van der Waals surface area (Å²) in [6, 6.07) is 0. The van der Waals surface area contributed by atoms with Crippen molar-refractivity contribution in [2.45, 2.75) is 110 Å². The van der Waals surface area contributed by atoms with Crippen molar-refractivity contribution in [3.8, 4) is 0 Å². The van der Waals surface area contributed by atoms with E-state index in [-0.39, 0.29) is 12.4 Å². The zero-order valence-corrected chi connectivity index (χ0v) is 17.5. The standard InChI is InChI=1S/C18H36O2.C2H8N2.ClH/c1-2-3-4-5-6-7-8-9-10-11-12-13-14-15-16-17-18(19)20;3-1-2-4;/h2-17H2,1H3,(H,19,20);1-4H2;1H. The average molecular weight is 381 g/mol.